The second kappa shape index (κ2) is 11.3. The van der Waals surface area contributed by atoms with Crippen LogP contribution in [-0.2, 0) is 9.59 Å². The lowest BCUT2D eigenvalue weighted by molar-refractivity contribution is -0.138. The molecule has 0 fully saturated rings. The Morgan fingerprint density at radius 3 is 2.33 bits per heavy atom. The number of nitrogens with zero attached hydrogens (tertiary/aromatic N) is 1. The van der Waals surface area contributed by atoms with Crippen LogP contribution >= 0.6 is 12.4 Å². The van der Waals surface area contributed by atoms with Gasteiger partial charge in [0.15, 0.2) is 0 Å². The lowest BCUT2D eigenvalue weighted by Crippen LogP contribution is -2.42. The smallest absolute Gasteiger partial charge is 0.322 e. The number of halogens is 1. The zero-order valence-electron chi connectivity index (χ0n) is 11.4. The maximum atomic E-state index is 11.5. The quantitative estimate of drug-likeness (QED) is 0.628. The van der Waals surface area contributed by atoms with E-state index in [-0.39, 0.29) is 31.4 Å². The molecule has 1 amide bonds. The number of nitrogens with one attached hydrogen (secondary N) is 1. The number of carboxylic acids is 1. The topological polar surface area (TPSA) is 69.6 Å². The second-order valence-corrected chi connectivity index (χ2v) is 4.44. The van der Waals surface area contributed by atoms with Gasteiger partial charge in [0, 0.05) is 6.04 Å². The molecule has 0 aromatic rings. The highest BCUT2D eigenvalue weighted by Crippen LogP contribution is 2.02. The zero-order chi connectivity index (χ0) is 13.3. The predicted octanol–water partition coefficient (Wildman–Crippen LogP) is 1.51. The molecule has 0 spiro atoms. The Kier molecular flexibility index (Phi) is 12.2. The van der Waals surface area contributed by atoms with Crippen molar-refractivity contribution in [2.24, 2.45) is 0 Å². The van der Waals surface area contributed by atoms with Crippen molar-refractivity contribution in [2.75, 3.05) is 19.6 Å². The number of carboxylic acid groups (broad SMARTS) is 1. The van der Waals surface area contributed by atoms with E-state index >= 15 is 0 Å². The van der Waals surface area contributed by atoms with Crippen LogP contribution in [0.4, 0.5) is 0 Å². The first-order valence-electron chi connectivity index (χ1n) is 6.19. The molecule has 6 heteroatoms. The van der Waals surface area contributed by atoms with E-state index in [0.29, 0.717) is 6.04 Å². The van der Waals surface area contributed by atoms with Gasteiger partial charge in [-0.3, -0.25) is 14.5 Å². The van der Waals surface area contributed by atoms with Gasteiger partial charge < -0.3 is 10.4 Å². The number of carbonyl (C=O) groups is 2. The van der Waals surface area contributed by atoms with Gasteiger partial charge in [-0.1, -0.05) is 19.8 Å². The van der Waals surface area contributed by atoms with E-state index in [4.69, 9.17) is 5.11 Å². The first-order chi connectivity index (χ1) is 7.97. The monoisotopic (exact) mass is 280 g/mol. The van der Waals surface area contributed by atoms with Gasteiger partial charge in [-0.2, -0.15) is 0 Å². The molecule has 18 heavy (non-hydrogen) atoms. The summed E-state index contributed by atoms with van der Waals surface area (Å²) in [4.78, 5) is 23.8. The minimum Gasteiger partial charge on any atom is -0.480 e. The molecule has 0 heterocycles. The molecular weight excluding hydrogens is 256 g/mol. The SMILES string of the molecule is CCCCCN(CC(=O)NCC(=O)O)C(C)C.Cl. The van der Waals surface area contributed by atoms with Gasteiger partial charge in [-0.25, -0.2) is 0 Å². The summed E-state index contributed by atoms with van der Waals surface area (Å²) in [6.07, 6.45) is 3.37. The molecule has 0 saturated carbocycles. The Labute approximate surface area is 115 Å². The van der Waals surface area contributed by atoms with E-state index < -0.39 is 5.97 Å². The molecule has 0 aliphatic rings. The van der Waals surface area contributed by atoms with Crippen molar-refractivity contribution in [3.05, 3.63) is 0 Å². The van der Waals surface area contributed by atoms with E-state index in [1.165, 1.54) is 0 Å². The fourth-order valence-corrected chi connectivity index (χ4v) is 1.50. The molecule has 0 radical (unpaired) electrons. The van der Waals surface area contributed by atoms with E-state index in [0.717, 1.165) is 25.8 Å². The lowest BCUT2D eigenvalue weighted by atomic mass is 10.2. The summed E-state index contributed by atoms with van der Waals surface area (Å²) in [6, 6.07) is 0.294. The third-order valence-electron chi connectivity index (χ3n) is 2.56. The number of hydrogen-bond donors (Lipinski definition) is 2. The van der Waals surface area contributed by atoms with Gasteiger partial charge >= 0.3 is 5.97 Å². The Balaban J connectivity index is 0. The summed E-state index contributed by atoms with van der Waals surface area (Å²) < 4.78 is 0. The maximum absolute atomic E-state index is 11.5. The molecule has 0 aromatic heterocycles. The highest BCUT2D eigenvalue weighted by atomic mass is 35.5. The molecule has 0 aliphatic carbocycles. The van der Waals surface area contributed by atoms with E-state index in [2.05, 4.69) is 17.1 Å². The normalized spacial score (nSPS) is 10.3. The molecule has 0 aliphatic heterocycles. The maximum Gasteiger partial charge on any atom is 0.322 e. The number of amides is 1. The molecular formula is C12H25ClN2O3. The van der Waals surface area contributed by atoms with Crippen LogP contribution in [0, 0.1) is 0 Å². The molecule has 5 nitrogen and oxygen atoms in total. The summed E-state index contributed by atoms with van der Waals surface area (Å²) in [5.74, 6) is -1.24. The fourth-order valence-electron chi connectivity index (χ4n) is 1.50. The highest BCUT2D eigenvalue weighted by molar-refractivity contribution is 5.85. The van der Waals surface area contributed by atoms with Crippen molar-refractivity contribution in [1.29, 1.82) is 0 Å². The Morgan fingerprint density at radius 1 is 1.28 bits per heavy atom. The van der Waals surface area contributed by atoms with Crippen LogP contribution in [0.1, 0.15) is 40.0 Å². The molecule has 0 saturated heterocycles. The van der Waals surface area contributed by atoms with Crippen LogP contribution in [0.2, 0.25) is 0 Å². The van der Waals surface area contributed by atoms with Crippen LogP contribution in [0.3, 0.4) is 0 Å². The minimum atomic E-state index is -1.01. The second-order valence-electron chi connectivity index (χ2n) is 4.44. The third-order valence-corrected chi connectivity index (χ3v) is 2.56. The molecule has 0 atom stereocenters. The number of unbranched alkanes of at least 4 members (excludes halogenated alkanes) is 2. The van der Waals surface area contributed by atoms with Gasteiger partial charge in [0.2, 0.25) is 5.91 Å². The summed E-state index contributed by atoms with van der Waals surface area (Å²) >= 11 is 0. The average molecular weight is 281 g/mol. The van der Waals surface area contributed by atoms with Crippen molar-refractivity contribution in [2.45, 2.75) is 46.1 Å². The van der Waals surface area contributed by atoms with E-state index in [9.17, 15) is 9.59 Å². The van der Waals surface area contributed by atoms with E-state index in [1.54, 1.807) is 0 Å². The van der Waals surface area contributed by atoms with Crippen LogP contribution in [0.25, 0.3) is 0 Å². The Bertz CT molecular complexity index is 247. The summed E-state index contributed by atoms with van der Waals surface area (Å²) in [6.45, 7) is 7.06. The van der Waals surface area contributed by atoms with Gasteiger partial charge in [-0.15, -0.1) is 12.4 Å². The molecule has 0 unspecified atom stereocenters. The van der Waals surface area contributed by atoms with E-state index in [1.807, 2.05) is 13.8 Å². The van der Waals surface area contributed by atoms with Gasteiger partial charge in [-0.05, 0) is 26.8 Å². The van der Waals surface area contributed by atoms with Gasteiger partial charge in [0.05, 0.1) is 6.54 Å². The van der Waals surface area contributed by atoms with Crippen molar-refractivity contribution in [3.63, 3.8) is 0 Å². The first-order valence-corrected chi connectivity index (χ1v) is 6.19. The molecule has 108 valence electrons. The van der Waals surface area contributed by atoms with Crippen molar-refractivity contribution >= 4 is 24.3 Å². The third kappa shape index (κ3) is 10.4. The van der Waals surface area contributed by atoms with Crippen molar-refractivity contribution in [1.82, 2.24) is 10.2 Å². The number of hydrogen-bond acceptors (Lipinski definition) is 3. The standard InChI is InChI=1S/C12H24N2O3.ClH/c1-4-5-6-7-14(10(2)3)9-11(15)13-8-12(16)17;/h10H,4-9H2,1-3H3,(H,13,15)(H,16,17);1H. The minimum absolute atomic E-state index is 0. The predicted molar refractivity (Wildman–Crippen MR) is 74.1 cm³/mol. The zero-order valence-corrected chi connectivity index (χ0v) is 12.3. The largest absolute Gasteiger partial charge is 0.480 e. The Hall–Kier alpha value is -0.810. The first kappa shape index (κ1) is 19.5. The van der Waals surface area contributed by atoms with Crippen LogP contribution in [0.15, 0.2) is 0 Å². The molecule has 0 rings (SSSR count). The van der Waals surface area contributed by atoms with Crippen LogP contribution in [0.5, 0.6) is 0 Å². The lowest BCUT2D eigenvalue weighted by Gasteiger charge is -2.25. The molecule has 0 bridgehead atoms. The van der Waals surface area contributed by atoms with Gasteiger partial charge in [0.25, 0.3) is 0 Å². The van der Waals surface area contributed by atoms with Gasteiger partial charge in [0.1, 0.15) is 6.54 Å². The van der Waals surface area contributed by atoms with Crippen LogP contribution < -0.4 is 5.32 Å². The summed E-state index contributed by atoms with van der Waals surface area (Å²) in [7, 11) is 0. The molecule has 2 N–H and O–H groups in total. The number of carbonyl (C=O) groups excluding carboxylic acids is 1. The average Bonchev–Trinajstić information content (AvgIpc) is 2.25. The van der Waals surface area contributed by atoms with Crippen molar-refractivity contribution in [3.8, 4) is 0 Å². The fraction of sp³-hybridized carbons (Fsp3) is 0.833. The number of aliphatic carboxylic acids is 1. The highest BCUT2D eigenvalue weighted by Gasteiger charge is 2.13. The van der Waals surface area contributed by atoms with Crippen molar-refractivity contribution < 1.29 is 14.7 Å². The Morgan fingerprint density at radius 2 is 1.89 bits per heavy atom. The summed E-state index contributed by atoms with van der Waals surface area (Å²) in [5, 5.41) is 10.8. The molecule has 0 aromatic carbocycles. The van der Waals surface area contributed by atoms with Crippen LogP contribution in [-0.4, -0.2) is 47.6 Å². The number of rotatable bonds is 9. The summed E-state index contributed by atoms with van der Waals surface area (Å²) in [5.41, 5.74) is 0.